The Balaban J connectivity index is 1.82. The van der Waals surface area contributed by atoms with Crippen LogP contribution in [0.25, 0.3) is 21.5 Å². The maximum atomic E-state index is 13.2. The number of carbonyl (C=O) groups excluding carboxylic acids is 1. The number of Topliss-reactive ketones (excluding diaryl/α,β-unsaturated/α-hetero) is 1. The Morgan fingerprint density at radius 3 is 2.76 bits per heavy atom. The summed E-state index contributed by atoms with van der Waals surface area (Å²) in [6.07, 6.45) is 3.10. The highest BCUT2D eigenvalue weighted by atomic mass is 16.1. The molecule has 0 N–H and O–H groups in total. The average molecular weight is 328 g/mol. The number of nitrogens with zero attached hydrogens (tertiary/aromatic N) is 2. The van der Waals surface area contributed by atoms with Crippen molar-refractivity contribution in [2.24, 2.45) is 4.99 Å². The second-order valence-corrected chi connectivity index (χ2v) is 6.98. The van der Waals surface area contributed by atoms with E-state index in [1.165, 1.54) is 5.56 Å². The molecule has 0 aliphatic carbocycles. The predicted molar refractivity (Wildman–Crippen MR) is 103 cm³/mol. The smallest absolute Gasteiger partial charge is 0.185 e. The van der Waals surface area contributed by atoms with E-state index in [-0.39, 0.29) is 12.3 Å². The SMILES string of the molecule is O=C1C/N=C2\CCCN2CCc2cccc3cc4ccccc4c1c23. The van der Waals surface area contributed by atoms with Crippen LogP contribution < -0.4 is 0 Å². The van der Waals surface area contributed by atoms with Gasteiger partial charge in [-0.25, -0.2) is 0 Å². The fraction of sp³-hybridized carbons (Fsp3) is 0.273. The first-order valence-electron chi connectivity index (χ1n) is 9.06. The zero-order valence-corrected chi connectivity index (χ0v) is 14.2. The fourth-order valence-corrected chi connectivity index (χ4v) is 4.33. The van der Waals surface area contributed by atoms with Gasteiger partial charge in [0, 0.05) is 25.1 Å². The van der Waals surface area contributed by atoms with Crippen LogP contribution in [-0.2, 0) is 6.42 Å². The Bertz CT molecular complexity index is 1030. The van der Waals surface area contributed by atoms with E-state index in [2.05, 4.69) is 46.3 Å². The standard InChI is InChI=1S/C22H20N2O/c25-19-14-23-20-9-4-11-24(20)12-10-15-6-3-7-17-13-16-5-1-2-8-18(16)22(19)21(15)17/h1-3,5-8,13H,4,9-12,14H2/b23-20+. The number of fused-ring (bicyclic) bond motifs is 3. The van der Waals surface area contributed by atoms with Crippen LogP contribution in [0.1, 0.15) is 28.8 Å². The second kappa shape index (κ2) is 5.69. The molecule has 0 spiro atoms. The first-order valence-corrected chi connectivity index (χ1v) is 9.06. The van der Waals surface area contributed by atoms with Crippen molar-refractivity contribution in [3.8, 4) is 0 Å². The van der Waals surface area contributed by atoms with Crippen LogP contribution in [0.5, 0.6) is 0 Å². The van der Waals surface area contributed by atoms with Crippen molar-refractivity contribution >= 4 is 33.2 Å². The molecular weight excluding hydrogens is 308 g/mol. The van der Waals surface area contributed by atoms with E-state index < -0.39 is 0 Å². The molecule has 2 aliphatic rings. The molecule has 0 radical (unpaired) electrons. The summed E-state index contributed by atoms with van der Waals surface area (Å²) in [5.41, 5.74) is 2.14. The zero-order chi connectivity index (χ0) is 16.8. The molecule has 2 aliphatic heterocycles. The number of amidine groups is 1. The summed E-state index contributed by atoms with van der Waals surface area (Å²) < 4.78 is 0. The molecule has 5 rings (SSSR count). The van der Waals surface area contributed by atoms with Crippen LogP contribution in [-0.4, -0.2) is 36.2 Å². The van der Waals surface area contributed by atoms with E-state index in [1.54, 1.807) is 0 Å². The third-order valence-electron chi connectivity index (χ3n) is 5.50. The molecule has 0 aromatic heterocycles. The van der Waals surface area contributed by atoms with E-state index in [0.29, 0.717) is 0 Å². The minimum absolute atomic E-state index is 0.135. The Labute approximate surface area is 147 Å². The number of hydrogen-bond acceptors (Lipinski definition) is 3. The van der Waals surface area contributed by atoms with Crippen LogP contribution in [0, 0.1) is 0 Å². The van der Waals surface area contributed by atoms with Gasteiger partial charge in [0.1, 0.15) is 6.54 Å². The fourth-order valence-electron chi connectivity index (χ4n) is 4.33. The number of carbonyl (C=O) groups is 1. The van der Waals surface area contributed by atoms with Gasteiger partial charge < -0.3 is 4.90 Å². The van der Waals surface area contributed by atoms with Crippen molar-refractivity contribution in [2.75, 3.05) is 19.6 Å². The molecule has 25 heavy (non-hydrogen) atoms. The van der Waals surface area contributed by atoms with Gasteiger partial charge in [-0.1, -0.05) is 42.5 Å². The topological polar surface area (TPSA) is 32.7 Å². The molecule has 3 heteroatoms. The van der Waals surface area contributed by atoms with Crippen molar-refractivity contribution in [3.05, 3.63) is 59.7 Å². The van der Waals surface area contributed by atoms with E-state index in [9.17, 15) is 4.79 Å². The zero-order valence-electron chi connectivity index (χ0n) is 14.2. The summed E-state index contributed by atoms with van der Waals surface area (Å²) in [6, 6.07) is 16.8. The summed E-state index contributed by atoms with van der Waals surface area (Å²) in [7, 11) is 0. The summed E-state index contributed by atoms with van der Waals surface area (Å²) in [6.45, 7) is 2.30. The van der Waals surface area contributed by atoms with Gasteiger partial charge in [0.2, 0.25) is 0 Å². The van der Waals surface area contributed by atoms with Gasteiger partial charge in [0.15, 0.2) is 5.78 Å². The highest BCUT2D eigenvalue weighted by molar-refractivity contribution is 6.20. The first-order chi connectivity index (χ1) is 12.3. The van der Waals surface area contributed by atoms with Crippen LogP contribution in [0.15, 0.2) is 53.5 Å². The predicted octanol–water partition coefficient (Wildman–Crippen LogP) is 4.23. The van der Waals surface area contributed by atoms with Crippen molar-refractivity contribution in [2.45, 2.75) is 19.3 Å². The van der Waals surface area contributed by atoms with E-state index in [0.717, 1.165) is 65.3 Å². The molecule has 124 valence electrons. The van der Waals surface area contributed by atoms with Crippen molar-refractivity contribution in [1.29, 1.82) is 0 Å². The number of benzene rings is 3. The first kappa shape index (κ1) is 14.6. The maximum absolute atomic E-state index is 13.2. The van der Waals surface area contributed by atoms with Crippen molar-refractivity contribution < 1.29 is 4.79 Å². The lowest BCUT2D eigenvalue weighted by molar-refractivity contribution is 0.100. The number of rotatable bonds is 0. The highest BCUT2D eigenvalue weighted by Crippen LogP contribution is 2.32. The van der Waals surface area contributed by atoms with Gasteiger partial charge in [-0.15, -0.1) is 0 Å². The summed E-state index contributed by atoms with van der Waals surface area (Å²) in [5.74, 6) is 1.25. The number of hydrogen-bond donors (Lipinski definition) is 0. The van der Waals surface area contributed by atoms with Gasteiger partial charge in [-0.2, -0.15) is 0 Å². The molecule has 3 aromatic rings. The Morgan fingerprint density at radius 2 is 1.80 bits per heavy atom. The maximum Gasteiger partial charge on any atom is 0.185 e. The summed E-state index contributed by atoms with van der Waals surface area (Å²) >= 11 is 0. The molecule has 3 aromatic carbocycles. The third-order valence-corrected chi connectivity index (χ3v) is 5.50. The van der Waals surface area contributed by atoms with Gasteiger partial charge in [0.05, 0.1) is 5.84 Å². The van der Waals surface area contributed by atoms with E-state index >= 15 is 0 Å². The lowest BCUT2D eigenvalue weighted by Gasteiger charge is -2.22. The van der Waals surface area contributed by atoms with E-state index in [1.807, 2.05) is 12.1 Å². The largest absolute Gasteiger partial charge is 0.360 e. The third kappa shape index (κ3) is 2.34. The molecule has 3 nitrogen and oxygen atoms in total. The summed E-state index contributed by atoms with van der Waals surface area (Å²) in [4.78, 5) is 20.2. The van der Waals surface area contributed by atoms with Crippen LogP contribution in [0.4, 0.5) is 0 Å². The number of ketones is 1. The molecule has 1 fully saturated rings. The Hall–Kier alpha value is -2.68. The van der Waals surface area contributed by atoms with Crippen molar-refractivity contribution in [1.82, 2.24) is 4.90 Å². The van der Waals surface area contributed by atoms with Gasteiger partial charge in [-0.3, -0.25) is 9.79 Å². The van der Waals surface area contributed by atoms with Gasteiger partial charge in [0.25, 0.3) is 0 Å². The second-order valence-electron chi connectivity index (χ2n) is 6.98. The molecule has 0 bridgehead atoms. The lowest BCUT2D eigenvalue weighted by Crippen LogP contribution is -2.28. The quantitative estimate of drug-likeness (QED) is 0.579. The molecule has 1 saturated heterocycles. The van der Waals surface area contributed by atoms with E-state index in [4.69, 9.17) is 0 Å². The minimum atomic E-state index is 0.135. The number of aliphatic imine (C=N–C) groups is 1. The van der Waals surface area contributed by atoms with Crippen LogP contribution in [0.2, 0.25) is 0 Å². The molecule has 0 atom stereocenters. The molecule has 0 saturated carbocycles. The molecule has 0 unspecified atom stereocenters. The Kier molecular flexibility index (Phi) is 3.34. The van der Waals surface area contributed by atoms with Crippen LogP contribution in [0.3, 0.4) is 0 Å². The minimum Gasteiger partial charge on any atom is -0.360 e. The van der Waals surface area contributed by atoms with Crippen LogP contribution >= 0.6 is 0 Å². The lowest BCUT2D eigenvalue weighted by atomic mass is 9.90. The van der Waals surface area contributed by atoms with Gasteiger partial charge in [-0.05, 0) is 46.0 Å². The van der Waals surface area contributed by atoms with Gasteiger partial charge >= 0.3 is 0 Å². The molecular formula is C22H20N2O. The monoisotopic (exact) mass is 328 g/mol. The normalized spacial score (nSPS) is 19.8. The van der Waals surface area contributed by atoms with Crippen molar-refractivity contribution in [3.63, 3.8) is 0 Å². The summed E-state index contributed by atoms with van der Waals surface area (Å²) in [5, 5.41) is 4.47. The Morgan fingerprint density at radius 1 is 0.920 bits per heavy atom. The average Bonchev–Trinajstić information content (AvgIpc) is 3.09. The highest BCUT2D eigenvalue weighted by Gasteiger charge is 2.23. The molecule has 2 heterocycles. The molecule has 0 amide bonds.